The Morgan fingerprint density at radius 1 is 0.848 bits per heavy atom. The minimum atomic E-state index is 0.0225. The molecular formula is C41H46ClN3S. The van der Waals surface area contributed by atoms with Gasteiger partial charge in [-0.2, -0.15) is 11.8 Å². The molecule has 1 aliphatic heterocycles. The number of aryl methyl sites for hydroxylation is 1. The van der Waals surface area contributed by atoms with E-state index >= 15 is 0 Å². The first-order valence-electron chi connectivity index (χ1n) is 15.7. The first-order valence-corrected chi connectivity index (χ1v) is 17.2. The number of thioether (sulfide) groups is 1. The van der Waals surface area contributed by atoms with Crippen molar-refractivity contribution in [3.8, 4) is 0 Å². The van der Waals surface area contributed by atoms with Crippen molar-refractivity contribution in [2.75, 3.05) is 12.3 Å². The zero-order valence-corrected chi connectivity index (χ0v) is 28.6. The third kappa shape index (κ3) is 10.8. The summed E-state index contributed by atoms with van der Waals surface area (Å²) < 4.78 is 0. The first kappa shape index (κ1) is 34.7. The highest BCUT2D eigenvalue weighted by molar-refractivity contribution is 7.98. The Hall–Kier alpha value is -4.12. The van der Waals surface area contributed by atoms with Crippen LogP contribution in [-0.4, -0.2) is 23.2 Å². The quantitative estimate of drug-likeness (QED) is 0.134. The number of allylic oxidation sites excluding steroid dienone is 4. The van der Waals surface area contributed by atoms with Gasteiger partial charge in [0.1, 0.15) is 0 Å². The third-order valence-electron chi connectivity index (χ3n) is 7.80. The van der Waals surface area contributed by atoms with Crippen molar-refractivity contribution in [1.29, 1.82) is 0 Å². The molecule has 3 aromatic carbocycles. The normalized spacial score (nSPS) is 13.3. The van der Waals surface area contributed by atoms with Crippen molar-refractivity contribution in [1.82, 2.24) is 15.5 Å². The maximum absolute atomic E-state index is 6.39. The lowest BCUT2D eigenvalue weighted by Gasteiger charge is -2.35. The van der Waals surface area contributed by atoms with E-state index in [-0.39, 0.29) is 6.04 Å². The predicted molar refractivity (Wildman–Crippen MR) is 201 cm³/mol. The van der Waals surface area contributed by atoms with Gasteiger partial charge in [-0.25, -0.2) is 0 Å². The van der Waals surface area contributed by atoms with Crippen LogP contribution in [0.25, 0.3) is 0 Å². The van der Waals surface area contributed by atoms with Crippen LogP contribution in [0.15, 0.2) is 170 Å². The summed E-state index contributed by atoms with van der Waals surface area (Å²) in [5.41, 5.74) is 10.7. The number of hydrogen-bond acceptors (Lipinski definition) is 4. The van der Waals surface area contributed by atoms with Gasteiger partial charge in [0, 0.05) is 40.0 Å². The van der Waals surface area contributed by atoms with Crippen LogP contribution < -0.4 is 10.6 Å². The van der Waals surface area contributed by atoms with Gasteiger partial charge in [-0.05, 0) is 66.7 Å². The topological polar surface area (TPSA) is 27.3 Å². The molecule has 1 heterocycles. The van der Waals surface area contributed by atoms with E-state index in [9.17, 15) is 0 Å². The Bertz CT molecular complexity index is 1600. The largest absolute Gasteiger partial charge is 0.381 e. The molecule has 5 heteroatoms. The van der Waals surface area contributed by atoms with Crippen LogP contribution in [0.3, 0.4) is 0 Å². The summed E-state index contributed by atoms with van der Waals surface area (Å²) in [4.78, 5) is 2.25. The van der Waals surface area contributed by atoms with Crippen molar-refractivity contribution >= 4 is 23.4 Å². The molecule has 0 radical (unpaired) electrons. The molecule has 3 nitrogen and oxygen atoms in total. The molecule has 1 unspecified atom stereocenters. The van der Waals surface area contributed by atoms with Crippen molar-refractivity contribution in [2.45, 2.75) is 44.4 Å². The number of rotatable bonds is 18. The van der Waals surface area contributed by atoms with Gasteiger partial charge in [-0.1, -0.05) is 122 Å². The lowest BCUT2D eigenvalue weighted by molar-refractivity contribution is 0.431. The summed E-state index contributed by atoms with van der Waals surface area (Å²) in [7, 11) is 0. The molecule has 0 aliphatic carbocycles. The molecular weight excluding hydrogens is 602 g/mol. The summed E-state index contributed by atoms with van der Waals surface area (Å²) in [6, 6.07) is 29.0. The van der Waals surface area contributed by atoms with Crippen LogP contribution in [0.5, 0.6) is 0 Å². The molecule has 4 rings (SSSR count). The molecule has 0 aromatic heterocycles. The molecule has 2 N–H and O–H groups in total. The highest BCUT2D eigenvalue weighted by Crippen LogP contribution is 2.28. The summed E-state index contributed by atoms with van der Waals surface area (Å²) in [5, 5.41) is 8.04. The second-order valence-corrected chi connectivity index (χ2v) is 13.2. The number of hydrogen-bond donors (Lipinski definition) is 2. The molecule has 238 valence electrons. The van der Waals surface area contributed by atoms with Gasteiger partial charge in [-0.3, -0.25) is 0 Å². The minimum absolute atomic E-state index is 0.0225. The second kappa shape index (κ2) is 17.5. The van der Waals surface area contributed by atoms with E-state index in [1.165, 1.54) is 11.1 Å². The van der Waals surface area contributed by atoms with Gasteiger partial charge in [0.05, 0.1) is 24.0 Å². The van der Waals surface area contributed by atoms with E-state index in [0.29, 0.717) is 6.54 Å². The van der Waals surface area contributed by atoms with Crippen molar-refractivity contribution < 1.29 is 0 Å². The maximum Gasteiger partial charge on any atom is 0.0620 e. The van der Waals surface area contributed by atoms with E-state index in [2.05, 4.69) is 122 Å². The molecule has 0 amide bonds. The van der Waals surface area contributed by atoms with Gasteiger partial charge in [-0.15, -0.1) is 6.58 Å². The van der Waals surface area contributed by atoms with Gasteiger partial charge in [0.2, 0.25) is 0 Å². The summed E-state index contributed by atoms with van der Waals surface area (Å²) >= 11 is 8.20. The van der Waals surface area contributed by atoms with Crippen molar-refractivity contribution in [2.24, 2.45) is 0 Å². The molecule has 0 bridgehead atoms. The Labute approximate surface area is 285 Å². The standard InChI is InChI=1S/C41H46ClN3S/c1-30(2)25-41(31(3)28-46-29-37-19-13-14-20-39(37)42)44-33(5)27-45-34(6)40(24-23-38(45)26-36-17-11-8-12-18-36)43-32(4)21-22-35-15-9-7-10-16-35/h7-20,23-24,41,43-44H,1,3-6,21-22,25-29H2,2H3. The fourth-order valence-corrected chi connectivity index (χ4v) is 6.60. The van der Waals surface area contributed by atoms with E-state index in [1.54, 1.807) is 0 Å². The number of nitrogens with one attached hydrogen (secondary N) is 2. The molecule has 3 aromatic rings. The van der Waals surface area contributed by atoms with Crippen molar-refractivity contribution in [3.05, 3.63) is 191 Å². The Balaban J connectivity index is 1.43. The van der Waals surface area contributed by atoms with E-state index in [0.717, 1.165) is 87.4 Å². The monoisotopic (exact) mass is 647 g/mol. The van der Waals surface area contributed by atoms with Crippen LogP contribution in [-0.2, 0) is 18.6 Å². The summed E-state index contributed by atoms with van der Waals surface area (Å²) in [5.74, 6) is 1.64. The second-order valence-electron chi connectivity index (χ2n) is 11.9. The number of nitrogens with zero attached hydrogens (tertiary/aromatic N) is 1. The maximum atomic E-state index is 6.39. The van der Waals surface area contributed by atoms with E-state index in [1.807, 2.05) is 42.1 Å². The Kier molecular flexibility index (Phi) is 13.3. The van der Waals surface area contributed by atoms with Gasteiger partial charge < -0.3 is 15.5 Å². The van der Waals surface area contributed by atoms with Gasteiger partial charge in [0.25, 0.3) is 0 Å². The van der Waals surface area contributed by atoms with Crippen LogP contribution in [0.2, 0.25) is 5.02 Å². The molecule has 0 saturated carbocycles. The van der Waals surface area contributed by atoms with Gasteiger partial charge in [0.15, 0.2) is 0 Å². The van der Waals surface area contributed by atoms with Crippen LogP contribution in [0, 0.1) is 0 Å². The lowest BCUT2D eigenvalue weighted by atomic mass is 10.0. The number of halogens is 1. The fraction of sp³-hybridized carbons (Fsp3) is 0.220. The number of benzene rings is 3. The minimum Gasteiger partial charge on any atom is -0.381 e. The lowest BCUT2D eigenvalue weighted by Crippen LogP contribution is -2.38. The van der Waals surface area contributed by atoms with Crippen LogP contribution in [0.1, 0.15) is 36.5 Å². The first-order chi connectivity index (χ1) is 22.2. The molecule has 0 saturated heterocycles. The molecule has 1 atom stereocenters. The molecule has 1 aliphatic rings. The fourth-order valence-electron chi connectivity index (χ4n) is 5.28. The smallest absolute Gasteiger partial charge is 0.0620 e. The molecule has 0 spiro atoms. The van der Waals surface area contributed by atoms with E-state index < -0.39 is 0 Å². The molecule has 46 heavy (non-hydrogen) atoms. The van der Waals surface area contributed by atoms with Gasteiger partial charge >= 0.3 is 0 Å². The average molecular weight is 648 g/mol. The zero-order chi connectivity index (χ0) is 32.9. The van der Waals surface area contributed by atoms with Crippen LogP contribution >= 0.6 is 23.4 Å². The Morgan fingerprint density at radius 3 is 2.17 bits per heavy atom. The Morgan fingerprint density at radius 2 is 1.50 bits per heavy atom. The summed E-state index contributed by atoms with van der Waals surface area (Å²) in [6.45, 7) is 24.6. The highest BCUT2D eigenvalue weighted by atomic mass is 35.5. The zero-order valence-electron chi connectivity index (χ0n) is 27.0. The third-order valence-corrected chi connectivity index (χ3v) is 9.26. The SMILES string of the molecule is C=C(C)CC(NC(=C)CN1C(=C)C(NC(=C)CCc2ccccc2)=CC=C1Cc1ccccc1)C(=C)CSCc1ccccc1Cl. The average Bonchev–Trinajstić information content (AvgIpc) is 3.04. The van der Waals surface area contributed by atoms with Crippen molar-refractivity contribution in [3.63, 3.8) is 0 Å². The van der Waals surface area contributed by atoms with E-state index in [4.69, 9.17) is 11.6 Å². The molecule has 0 fully saturated rings. The summed E-state index contributed by atoms with van der Waals surface area (Å²) in [6.07, 6.45) is 7.62. The highest BCUT2D eigenvalue weighted by Gasteiger charge is 2.23. The predicted octanol–water partition coefficient (Wildman–Crippen LogP) is 10.1. The van der Waals surface area contributed by atoms with Crippen LogP contribution in [0.4, 0.5) is 0 Å².